The number of benzene rings is 1. The van der Waals surface area contributed by atoms with Crippen molar-refractivity contribution in [1.82, 2.24) is 9.55 Å². The summed E-state index contributed by atoms with van der Waals surface area (Å²) in [6, 6.07) is 5.89. The van der Waals surface area contributed by atoms with E-state index in [0.29, 0.717) is 19.1 Å². The van der Waals surface area contributed by atoms with E-state index in [9.17, 15) is 0 Å². The van der Waals surface area contributed by atoms with Gasteiger partial charge >= 0.3 is 0 Å². The Hall–Kier alpha value is -1.75. The van der Waals surface area contributed by atoms with Gasteiger partial charge in [0.2, 0.25) is 5.95 Å². The van der Waals surface area contributed by atoms with Crippen LogP contribution in [0.1, 0.15) is 20.3 Å². The number of anilines is 1. The first-order chi connectivity index (χ1) is 9.17. The van der Waals surface area contributed by atoms with Gasteiger partial charge in [-0.3, -0.25) is 0 Å². The van der Waals surface area contributed by atoms with Crippen molar-refractivity contribution in [2.75, 3.05) is 19.5 Å². The average Bonchev–Trinajstić information content (AvgIpc) is 2.73. The van der Waals surface area contributed by atoms with Crippen molar-refractivity contribution in [2.45, 2.75) is 32.9 Å². The molecule has 0 radical (unpaired) electrons. The predicted molar refractivity (Wildman–Crippen MR) is 76.4 cm³/mol. The third kappa shape index (κ3) is 2.81. The Balaban J connectivity index is 2.40. The number of nitrogens with two attached hydrogens (primary N) is 1. The molecule has 1 aromatic carbocycles. The number of fused-ring (bicyclic) bond motifs is 1. The van der Waals surface area contributed by atoms with Crippen LogP contribution in [0.25, 0.3) is 11.0 Å². The first-order valence-electron chi connectivity index (χ1n) is 6.57. The predicted octanol–water partition coefficient (Wildman–Crippen LogP) is 2.44. The molecule has 0 saturated heterocycles. The van der Waals surface area contributed by atoms with Gasteiger partial charge in [-0.25, -0.2) is 4.98 Å². The van der Waals surface area contributed by atoms with Crippen molar-refractivity contribution >= 4 is 17.0 Å². The molecule has 0 amide bonds. The lowest BCUT2D eigenvalue weighted by Crippen LogP contribution is -2.16. The largest absolute Gasteiger partial charge is 0.491 e. The van der Waals surface area contributed by atoms with E-state index in [1.165, 1.54) is 0 Å². The van der Waals surface area contributed by atoms with Crippen molar-refractivity contribution in [3.63, 3.8) is 0 Å². The fourth-order valence-electron chi connectivity index (χ4n) is 1.99. The third-order valence-electron chi connectivity index (χ3n) is 3.08. The maximum absolute atomic E-state index is 5.99. The lowest BCUT2D eigenvalue weighted by molar-refractivity contribution is 0.105. The zero-order chi connectivity index (χ0) is 13.8. The lowest BCUT2D eigenvalue weighted by atomic mass is 10.3. The van der Waals surface area contributed by atoms with Gasteiger partial charge in [0.05, 0.1) is 24.8 Å². The van der Waals surface area contributed by atoms with E-state index in [1.54, 1.807) is 7.11 Å². The third-order valence-corrected chi connectivity index (χ3v) is 3.08. The molecule has 0 saturated carbocycles. The van der Waals surface area contributed by atoms with Gasteiger partial charge in [-0.15, -0.1) is 0 Å². The van der Waals surface area contributed by atoms with Gasteiger partial charge in [0.15, 0.2) is 0 Å². The molecular weight excluding hydrogens is 242 g/mol. The normalized spacial score (nSPS) is 12.8. The van der Waals surface area contributed by atoms with Gasteiger partial charge in [0.1, 0.15) is 11.3 Å². The van der Waals surface area contributed by atoms with Crippen molar-refractivity contribution in [3.05, 3.63) is 18.2 Å². The zero-order valence-electron chi connectivity index (χ0n) is 11.7. The minimum Gasteiger partial charge on any atom is -0.491 e. The first kappa shape index (κ1) is 13.7. The molecule has 0 spiro atoms. The average molecular weight is 263 g/mol. The topological polar surface area (TPSA) is 62.3 Å². The number of aromatic nitrogens is 2. The molecule has 2 N–H and O–H groups in total. The van der Waals surface area contributed by atoms with Gasteiger partial charge < -0.3 is 19.8 Å². The summed E-state index contributed by atoms with van der Waals surface area (Å²) in [6.07, 6.45) is 1.05. The van der Waals surface area contributed by atoms with E-state index in [4.69, 9.17) is 15.2 Å². The zero-order valence-corrected chi connectivity index (χ0v) is 11.7. The second-order valence-corrected chi connectivity index (χ2v) is 4.60. The maximum atomic E-state index is 5.99. The highest BCUT2D eigenvalue weighted by Gasteiger charge is 2.14. The number of nitrogen functional groups attached to an aromatic ring is 1. The van der Waals surface area contributed by atoms with E-state index in [0.717, 1.165) is 23.2 Å². The second kappa shape index (κ2) is 5.93. The monoisotopic (exact) mass is 263 g/mol. The van der Waals surface area contributed by atoms with Crippen LogP contribution < -0.4 is 10.5 Å². The minimum atomic E-state index is 0.0833. The van der Waals surface area contributed by atoms with Crippen molar-refractivity contribution in [1.29, 1.82) is 0 Å². The van der Waals surface area contributed by atoms with Gasteiger partial charge in [0.25, 0.3) is 0 Å². The Morgan fingerprint density at radius 1 is 1.42 bits per heavy atom. The molecule has 0 aliphatic carbocycles. The Morgan fingerprint density at radius 3 is 2.89 bits per heavy atom. The summed E-state index contributed by atoms with van der Waals surface area (Å²) in [5.41, 5.74) is 7.79. The van der Waals surface area contributed by atoms with Gasteiger partial charge in [-0.2, -0.15) is 0 Å². The summed E-state index contributed by atoms with van der Waals surface area (Å²) in [6.45, 7) is 5.44. The Morgan fingerprint density at radius 2 is 2.21 bits per heavy atom. The molecule has 2 aromatic rings. The SMILES string of the molecule is CCCOc1cccc2c1nc(N)n2CC(C)OC. The number of nitrogens with zero attached hydrogens (tertiary/aromatic N) is 2. The molecule has 5 nitrogen and oxygen atoms in total. The molecule has 0 aliphatic heterocycles. The smallest absolute Gasteiger partial charge is 0.201 e. The van der Waals surface area contributed by atoms with Crippen LogP contribution in [0.4, 0.5) is 5.95 Å². The molecule has 1 unspecified atom stereocenters. The van der Waals surface area contributed by atoms with E-state index in [-0.39, 0.29) is 6.10 Å². The van der Waals surface area contributed by atoms with Crippen molar-refractivity contribution in [2.24, 2.45) is 0 Å². The number of rotatable bonds is 6. The molecule has 19 heavy (non-hydrogen) atoms. The van der Waals surface area contributed by atoms with Crippen LogP contribution >= 0.6 is 0 Å². The Labute approximate surface area is 113 Å². The second-order valence-electron chi connectivity index (χ2n) is 4.60. The molecule has 1 aromatic heterocycles. The highest BCUT2D eigenvalue weighted by molar-refractivity contribution is 5.84. The molecule has 0 aliphatic rings. The quantitative estimate of drug-likeness (QED) is 0.869. The van der Waals surface area contributed by atoms with Crippen molar-refractivity contribution in [3.8, 4) is 5.75 Å². The summed E-state index contributed by atoms with van der Waals surface area (Å²) in [4.78, 5) is 4.41. The molecule has 1 heterocycles. The summed E-state index contributed by atoms with van der Waals surface area (Å²) in [5.74, 6) is 1.28. The molecule has 104 valence electrons. The number of ether oxygens (including phenoxy) is 2. The lowest BCUT2D eigenvalue weighted by Gasteiger charge is -2.12. The minimum absolute atomic E-state index is 0.0833. The van der Waals surface area contributed by atoms with Crippen LogP contribution in [0.2, 0.25) is 0 Å². The van der Waals surface area contributed by atoms with Crippen LogP contribution in [-0.4, -0.2) is 29.4 Å². The summed E-state index contributed by atoms with van der Waals surface area (Å²) >= 11 is 0. The highest BCUT2D eigenvalue weighted by Crippen LogP contribution is 2.27. The molecule has 2 rings (SSSR count). The van der Waals surface area contributed by atoms with E-state index < -0.39 is 0 Å². The molecule has 1 atom stereocenters. The summed E-state index contributed by atoms with van der Waals surface area (Å²) in [5, 5.41) is 0. The standard InChI is InChI=1S/C14H21N3O2/c1-4-8-19-12-7-5-6-11-13(12)16-14(15)17(11)9-10(2)18-3/h5-7,10H,4,8-9H2,1-3H3,(H2,15,16). The summed E-state index contributed by atoms with van der Waals surface area (Å²) in [7, 11) is 1.69. The van der Waals surface area contributed by atoms with E-state index >= 15 is 0 Å². The molecule has 0 bridgehead atoms. The van der Waals surface area contributed by atoms with Crippen LogP contribution in [0, 0.1) is 0 Å². The van der Waals surface area contributed by atoms with Crippen LogP contribution in [0.15, 0.2) is 18.2 Å². The van der Waals surface area contributed by atoms with Crippen LogP contribution in [0.5, 0.6) is 5.75 Å². The number of imidazole rings is 1. The summed E-state index contributed by atoms with van der Waals surface area (Å²) < 4.78 is 13.0. The van der Waals surface area contributed by atoms with Crippen LogP contribution in [0.3, 0.4) is 0 Å². The molecule has 0 fully saturated rings. The maximum Gasteiger partial charge on any atom is 0.201 e. The van der Waals surface area contributed by atoms with E-state index in [1.807, 2.05) is 29.7 Å². The van der Waals surface area contributed by atoms with Gasteiger partial charge in [0, 0.05) is 7.11 Å². The Kier molecular flexibility index (Phi) is 4.27. The van der Waals surface area contributed by atoms with E-state index in [2.05, 4.69) is 11.9 Å². The number of hydrogen-bond donors (Lipinski definition) is 1. The van der Waals surface area contributed by atoms with Gasteiger partial charge in [-0.1, -0.05) is 13.0 Å². The molecule has 5 heteroatoms. The fourth-order valence-corrected chi connectivity index (χ4v) is 1.99. The number of hydrogen-bond acceptors (Lipinski definition) is 4. The highest BCUT2D eigenvalue weighted by atomic mass is 16.5. The number of para-hydroxylation sites is 1. The molecular formula is C14H21N3O2. The van der Waals surface area contributed by atoms with Crippen molar-refractivity contribution < 1.29 is 9.47 Å². The van der Waals surface area contributed by atoms with Gasteiger partial charge in [-0.05, 0) is 25.5 Å². The number of methoxy groups -OCH3 is 1. The Bertz CT molecular complexity index is 551. The fraction of sp³-hybridized carbons (Fsp3) is 0.500. The first-order valence-corrected chi connectivity index (χ1v) is 6.57. The van der Waals surface area contributed by atoms with Crippen LogP contribution in [-0.2, 0) is 11.3 Å².